The zero-order valence-electron chi connectivity index (χ0n) is 19.4. The molecule has 6 atom stereocenters. The molecule has 0 heterocycles. The first-order valence-corrected chi connectivity index (χ1v) is 11.8. The van der Waals surface area contributed by atoms with Crippen LogP contribution in [0.4, 0.5) is 0 Å². The molecule has 0 saturated heterocycles. The molecule has 0 bridgehead atoms. The Morgan fingerprint density at radius 2 is 2.00 bits per heavy atom. The number of aliphatic hydroxyl groups excluding tert-OH is 2. The highest BCUT2D eigenvalue weighted by Crippen LogP contribution is 2.58. The van der Waals surface area contributed by atoms with Crippen LogP contribution >= 0.6 is 0 Å². The van der Waals surface area contributed by atoms with Gasteiger partial charge in [0.2, 0.25) is 0 Å². The lowest BCUT2D eigenvalue weighted by Gasteiger charge is -2.44. The smallest absolute Gasteiger partial charge is 0.0811 e. The van der Waals surface area contributed by atoms with Crippen LogP contribution in [0, 0.1) is 17.3 Å². The predicted octanol–water partition coefficient (Wildman–Crippen LogP) is 4.69. The molecule has 0 aromatic rings. The van der Waals surface area contributed by atoms with Crippen LogP contribution in [0.25, 0.3) is 0 Å². The Hall–Kier alpha value is -0.940. The van der Waals surface area contributed by atoms with Gasteiger partial charge in [-0.05, 0) is 94.1 Å². The summed E-state index contributed by atoms with van der Waals surface area (Å²) < 4.78 is 6.19. The number of fused-ring (bicyclic) bond motifs is 1. The number of hydrogen-bond acceptors (Lipinski definition) is 4. The summed E-state index contributed by atoms with van der Waals surface area (Å²) in [6.45, 7) is 13.0. The summed E-state index contributed by atoms with van der Waals surface area (Å²) in [5.74, 6) is 1.11. The first kappa shape index (κ1) is 23.7. The van der Waals surface area contributed by atoms with Gasteiger partial charge in [0, 0.05) is 13.0 Å². The minimum Gasteiger partial charge on any atom is -0.393 e. The van der Waals surface area contributed by atoms with E-state index in [1.807, 2.05) is 13.8 Å². The van der Waals surface area contributed by atoms with E-state index in [9.17, 15) is 15.3 Å². The number of ether oxygens (including phenoxy) is 1. The molecule has 0 radical (unpaired) electrons. The van der Waals surface area contributed by atoms with Gasteiger partial charge in [-0.1, -0.05) is 31.2 Å². The summed E-state index contributed by atoms with van der Waals surface area (Å²) >= 11 is 0. The SMILES string of the molecule is C=C1/C(=C\C=C2/CCC[C@]3(C)[C@@H]([C@H](C)OCCC(C)(C)O)CC[C@@H]23)C[C@H](O)C[C@@H]1O. The maximum atomic E-state index is 10.1. The van der Waals surface area contributed by atoms with Crippen molar-refractivity contribution in [1.29, 1.82) is 0 Å². The largest absolute Gasteiger partial charge is 0.393 e. The molecule has 3 rings (SSSR count). The molecule has 4 nitrogen and oxygen atoms in total. The molecule has 0 amide bonds. The molecular formula is C26H42O4. The normalized spacial score (nSPS) is 38.8. The molecule has 3 aliphatic rings. The van der Waals surface area contributed by atoms with E-state index in [2.05, 4.69) is 32.6 Å². The molecule has 0 aromatic heterocycles. The van der Waals surface area contributed by atoms with E-state index in [0.29, 0.717) is 37.7 Å². The van der Waals surface area contributed by atoms with E-state index in [-0.39, 0.29) is 11.5 Å². The van der Waals surface area contributed by atoms with Gasteiger partial charge in [-0.2, -0.15) is 0 Å². The van der Waals surface area contributed by atoms with E-state index < -0.39 is 17.8 Å². The van der Waals surface area contributed by atoms with Crippen LogP contribution in [-0.4, -0.2) is 45.8 Å². The van der Waals surface area contributed by atoms with E-state index in [1.54, 1.807) is 0 Å². The highest BCUT2D eigenvalue weighted by molar-refractivity contribution is 5.38. The van der Waals surface area contributed by atoms with Gasteiger partial charge in [0.25, 0.3) is 0 Å². The van der Waals surface area contributed by atoms with Gasteiger partial charge in [0.1, 0.15) is 0 Å². The number of aliphatic hydroxyl groups is 3. The van der Waals surface area contributed by atoms with Crippen molar-refractivity contribution < 1.29 is 20.1 Å². The Bertz CT molecular complexity index is 686. The van der Waals surface area contributed by atoms with Crippen LogP contribution in [0.15, 0.2) is 35.5 Å². The molecule has 3 N–H and O–H groups in total. The van der Waals surface area contributed by atoms with Crippen molar-refractivity contribution in [2.45, 2.75) is 103 Å². The molecule has 3 saturated carbocycles. The van der Waals surface area contributed by atoms with Crippen LogP contribution in [0.1, 0.15) is 79.1 Å². The standard InChI is InChI=1S/C26H42O4/c1-17-20(15-21(27)16-24(17)28)9-8-19-7-6-12-26(5)22(10-11-23(19)26)18(2)30-14-13-25(3,4)29/h8-9,18,21-24,27-29H,1,6-7,10-16H2,2-5H3/b19-8+,20-9-/t18-,21-,22+,23-,24-,26+/m0/s1. The molecular weight excluding hydrogens is 376 g/mol. The van der Waals surface area contributed by atoms with Crippen LogP contribution in [0.5, 0.6) is 0 Å². The zero-order valence-corrected chi connectivity index (χ0v) is 19.4. The topological polar surface area (TPSA) is 69.9 Å². The van der Waals surface area contributed by atoms with Crippen molar-refractivity contribution in [3.05, 3.63) is 35.5 Å². The molecule has 3 fully saturated rings. The maximum Gasteiger partial charge on any atom is 0.0811 e. The van der Waals surface area contributed by atoms with Crippen molar-refractivity contribution in [1.82, 2.24) is 0 Å². The molecule has 170 valence electrons. The molecule has 0 spiro atoms. The van der Waals surface area contributed by atoms with Crippen LogP contribution in [0.3, 0.4) is 0 Å². The van der Waals surface area contributed by atoms with Crippen molar-refractivity contribution in [3.8, 4) is 0 Å². The summed E-state index contributed by atoms with van der Waals surface area (Å²) in [6.07, 6.45) is 11.0. The fourth-order valence-corrected chi connectivity index (χ4v) is 6.13. The molecule has 0 aliphatic heterocycles. The van der Waals surface area contributed by atoms with Gasteiger partial charge in [0.15, 0.2) is 0 Å². The minimum atomic E-state index is -0.680. The third-order valence-electron chi connectivity index (χ3n) is 7.96. The first-order valence-electron chi connectivity index (χ1n) is 11.8. The number of hydrogen-bond donors (Lipinski definition) is 3. The number of rotatable bonds is 6. The predicted molar refractivity (Wildman–Crippen MR) is 121 cm³/mol. The van der Waals surface area contributed by atoms with Crippen LogP contribution in [0.2, 0.25) is 0 Å². The van der Waals surface area contributed by atoms with Crippen LogP contribution in [-0.2, 0) is 4.74 Å². The monoisotopic (exact) mass is 418 g/mol. The van der Waals surface area contributed by atoms with Crippen molar-refractivity contribution in [3.63, 3.8) is 0 Å². The third kappa shape index (κ3) is 5.27. The van der Waals surface area contributed by atoms with Gasteiger partial charge in [-0.3, -0.25) is 0 Å². The highest BCUT2D eigenvalue weighted by atomic mass is 16.5. The Morgan fingerprint density at radius 3 is 2.70 bits per heavy atom. The summed E-state index contributed by atoms with van der Waals surface area (Å²) in [5.41, 5.74) is 2.82. The van der Waals surface area contributed by atoms with Crippen molar-refractivity contribution in [2.75, 3.05) is 6.61 Å². The van der Waals surface area contributed by atoms with Crippen LogP contribution < -0.4 is 0 Å². The van der Waals surface area contributed by atoms with E-state index in [0.717, 1.165) is 17.6 Å². The van der Waals surface area contributed by atoms with Crippen molar-refractivity contribution in [2.24, 2.45) is 17.3 Å². The van der Waals surface area contributed by atoms with E-state index >= 15 is 0 Å². The Morgan fingerprint density at radius 1 is 1.27 bits per heavy atom. The second-order valence-electron chi connectivity index (χ2n) is 10.8. The lowest BCUT2D eigenvalue weighted by atomic mass is 9.62. The maximum absolute atomic E-state index is 10.1. The highest BCUT2D eigenvalue weighted by Gasteiger charge is 2.51. The van der Waals surface area contributed by atoms with Gasteiger partial charge in [-0.25, -0.2) is 0 Å². The summed E-state index contributed by atoms with van der Waals surface area (Å²) in [5, 5.41) is 30.1. The lowest BCUT2D eigenvalue weighted by Crippen LogP contribution is -2.39. The zero-order chi connectivity index (χ0) is 22.1. The lowest BCUT2D eigenvalue weighted by molar-refractivity contribution is -0.0454. The Balaban J connectivity index is 1.70. The summed E-state index contributed by atoms with van der Waals surface area (Å²) in [4.78, 5) is 0. The third-order valence-corrected chi connectivity index (χ3v) is 7.96. The second-order valence-corrected chi connectivity index (χ2v) is 10.8. The molecule has 30 heavy (non-hydrogen) atoms. The first-order chi connectivity index (χ1) is 14.0. The minimum absolute atomic E-state index is 0.198. The number of allylic oxidation sites excluding steroid dienone is 3. The second kappa shape index (κ2) is 9.28. The molecule has 4 heteroatoms. The Kier molecular flexibility index (Phi) is 7.33. The van der Waals surface area contributed by atoms with Gasteiger partial charge in [0.05, 0.1) is 23.9 Å². The van der Waals surface area contributed by atoms with E-state index in [4.69, 9.17) is 4.74 Å². The summed E-state index contributed by atoms with van der Waals surface area (Å²) in [6, 6.07) is 0. The van der Waals surface area contributed by atoms with E-state index in [1.165, 1.54) is 31.3 Å². The molecule has 3 aliphatic carbocycles. The van der Waals surface area contributed by atoms with Crippen molar-refractivity contribution >= 4 is 0 Å². The van der Waals surface area contributed by atoms with Gasteiger partial charge >= 0.3 is 0 Å². The molecule has 0 unspecified atom stereocenters. The molecule has 0 aromatic carbocycles. The quantitative estimate of drug-likeness (QED) is 0.585. The van der Waals surface area contributed by atoms with Gasteiger partial charge < -0.3 is 20.1 Å². The fraction of sp³-hybridized carbons (Fsp3) is 0.769. The average Bonchev–Trinajstić information content (AvgIpc) is 3.00. The Labute approximate surface area is 182 Å². The van der Waals surface area contributed by atoms with Gasteiger partial charge in [-0.15, -0.1) is 0 Å². The fourth-order valence-electron chi connectivity index (χ4n) is 6.13. The summed E-state index contributed by atoms with van der Waals surface area (Å²) in [7, 11) is 0. The average molecular weight is 419 g/mol.